The predicted molar refractivity (Wildman–Crippen MR) is 93.0 cm³/mol. The van der Waals surface area contributed by atoms with Crippen molar-refractivity contribution in [2.75, 3.05) is 6.54 Å². The van der Waals surface area contributed by atoms with Gasteiger partial charge in [0.05, 0.1) is 23.1 Å². The van der Waals surface area contributed by atoms with Gasteiger partial charge in [0.1, 0.15) is 17.3 Å². The Kier molecular flexibility index (Phi) is 3.91. The highest BCUT2D eigenvalue weighted by Gasteiger charge is 2.32. The number of nitrogens with zero attached hydrogens (tertiary/aromatic N) is 3. The SMILES string of the molecule is Cc1cc(C2CCCN2C(=O)N[C@@H](C)c2nc3ccccc3[nH]2)no1. The number of urea groups is 1. The third kappa shape index (κ3) is 2.97. The largest absolute Gasteiger partial charge is 0.361 e. The fourth-order valence-corrected chi connectivity index (χ4v) is 3.37. The van der Waals surface area contributed by atoms with Crippen LogP contribution in [0.15, 0.2) is 34.9 Å². The molecule has 2 atom stereocenters. The molecule has 2 aromatic heterocycles. The smallest absolute Gasteiger partial charge is 0.318 e. The number of rotatable bonds is 3. The molecule has 0 aliphatic carbocycles. The molecule has 3 heterocycles. The molecule has 1 aliphatic rings. The Morgan fingerprint density at radius 1 is 1.44 bits per heavy atom. The number of hydrogen-bond donors (Lipinski definition) is 2. The Balaban J connectivity index is 1.48. The summed E-state index contributed by atoms with van der Waals surface area (Å²) in [6.45, 7) is 4.51. The highest BCUT2D eigenvalue weighted by atomic mass is 16.5. The molecule has 130 valence electrons. The lowest BCUT2D eigenvalue weighted by Crippen LogP contribution is -2.40. The zero-order valence-electron chi connectivity index (χ0n) is 14.3. The molecular formula is C18H21N5O2. The van der Waals surface area contributed by atoms with Crippen molar-refractivity contribution in [1.82, 2.24) is 25.3 Å². The maximum Gasteiger partial charge on any atom is 0.318 e. The van der Waals surface area contributed by atoms with E-state index < -0.39 is 0 Å². The zero-order chi connectivity index (χ0) is 17.4. The number of aromatic amines is 1. The number of amides is 2. The van der Waals surface area contributed by atoms with Gasteiger partial charge in [-0.1, -0.05) is 17.3 Å². The topological polar surface area (TPSA) is 87.0 Å². The number of aryl methyl sites for hydroxylation is 1. The van der Waals surface area contributed by atoms with E-state index in [4.69, 9.17) is 4.52 Å². The molecule has 7 nitrogen and oxygen atoms in total. The van der Waals surface area contributed by atoms with Crippen LogP contribution in [0.3, 0.4) is 0 Å². The molecule has 1 unspecified atom stereocenters. The van der Waals surface area contributed by atoms with E-state index in [-0.39, 0.29) is 18.1 Å². The molecule has 1 fully saturated rings. The number of carbonyl (C=O) groups excluding carboxylic acids is 1. The lowest BCUT2D eigenvalue weighted by atomic mass is 10.1. The van der Waals surface area contributed by atoms with Gasteiger partial charge in [0.2, 0.25) is 0 Å². The van der Waals surface area contributed by atoms with Crippen molar-refractivity contribution in [2.45, 2.75) is 38.8 Å². The third-order valence-electron chi connectivity index (χ3n) is 4.66. The highest BCUT2D eigenvalue weighted by molar-refractivity contribution is 5.77. The predicted octanol–water partition coefficient (Wildman–Crippen LogP) is 3.47. The van der Waals surface area contributed by atoms with E-state index in [0.717, 1.165) is 47.7 Å². The van der Waals surface area contributed by atoms with Gasteiger partial charge in [-0.05, 0) is 38.8 Å². The number of carbonyl (C=O) groups is 1. The van der Waals surface area contributed by atoms with Crippen LogP contribution in [-0.4, -0.2) is 32.6 Å². The van der Waals surface area contributed by atoms with E-state index in [1.807, 2.05) is 49.1 Å². The van der Waals surface area contributed by atoms with E-state index in [9.17, 15) is 4.79 Å². The third-order valence-corrected chi connectivity index (χ3v) is 4.66. The molecule has 2 amide bonds. The number of fused-ring (bicyclic) bond motifs is 1. The lowest BCUT2D eigenvalue weighted by molar-refractivity contribution is 0.187. The first-order chi connectivity index (χ1) is 12.1. The van der Waals surface area contributed by atoms with E-state index in [2.05, 4.69) is 20.4 Å². The molecule has 0 radical (unpaired) electrons. The summed E-state index contributed by atoms with van der Waals surface area (Å²) in [6, 6.07) is 9.40. The average Bonchev–Trinajstić information content (AvgIpc) is 3.32. The number of imidazole rings is 1. The van der Waals surface area contributed by atoms with Gasteiger partial charge in [-0.3, -0.25) is 0 Å². The summed E-state index contributed by atoms with van der Waals surface area (Å²) in [4.78, 5) is 22.4. The van der Waals surface area contributed by atoms with E-state index >= 15 is 0 Å². The Labute approximate surface area is 145 Å². The minimum Gasteiger partial charge on any atom is -0.361 e. The molecule has 3 aromatic rings. The van der Waals surface area contributed by atoms with Crippen LogP contribution in [-0.2, 0) is 0 Å². The fourth-order valence-electron chi connectivity index (χ4n) is 3.37. The number of likely N-dealkylation sites (tertiary alicyclic amines) is 1. The molecule has 7 heteroatoms. The van der Waals surface area contributed by atoms with Gasteiger partial charge in [-0.25, -0.2) is 9.78 Å². The summed E-state index contributed by atoms with van der Waals surface area (Å²) < 4.78 is 5.17. The van der Waals surface area contributed by atoms with Crippen LogP contribution in [0.5, 0.6) is 0 Å². The number of H-pyrrole nitrogens is 1. The molecule has 1 aromatic carbocycles. The maximum atomic E-state index is 12.7. The molecule has 25 heavy (non-hydrogen) atoms. The molecule has 2 N–H and O–H groups in total. The summed E-state index contributed by atoms with van der Waals surface area (Å²) in [5.74, 6) is 1.51. The summed E-state index contributed by atoms with van der Waals surface area (Å²) >= 11 is 0. The summed E-state index contributed by atoms with van der Waals surface area (Å²) in [7, 11) is 0. The minimum atomic E-state index is -0.208. The molecule has 0 bridgehead atoms. The van der Waals surface area contributed by atoms with Crippen molar-refractivity contribution < 1.29 is 9.32 Å². The Morgan fingerprint density at radius 2 is 2.28 bits per heavy atom. The number of para-hydroxylation sites is 2. The zero-order valence-corrected chi connectivity index (χ0v) is 14.3. The monoisotopic (exact) mass is 339 g/mol. The van der Waals surface area contributed by atoms with Crippen molar-refractivity contribution >= 4 is 17.1 Å². The van der Waals surface area contributed by atoms with Crippen molar-refractivity contribution in [3.63, 3.8) is 0 Å². The number of nitrogens with one attached hydrogen (secondary N) is 2. The van der Waals surface area contributed by atoms with Crippen molar-refractivity contribution in [2.24, 2.45) is 0 Å². The van der Waals surface area contributed by atoms with E-state index in [0.29, 0.717) is 0 Å². The first-order valence-corrected chi connectivity index (χ1v) is 8.57. The van der Waals surface area contributed by atoms with Crippen LogP contribution in [0.4, 0.5) is 4.79 Å². The Hall–Kier alpha value is -2.83. The highest BCUT2D eigenvalue weighted by Crippen LogP contribution is 2.31. The average molecular weight is 339 g/mol. The molecule has 0 spiro atoms. The normalized spacial score (nSPS) is 18.6. The second-order valence-corrected chi connectivity index (χ2v) is 6.52. The van der Waals surface area contributed by atoms with Crippen molar-refractivity contribution in [1.29, 1.82) is 0 Å². The molecule has 1 saturated heterocycles. The minimum absolute atomic E-state index is 0.0275. The van der Waals surface area contributed by atoms with Gasteiger partial charge in [-0.2, -0.15) is 0 Å². The van der Waals surface area contributed by atoms with Gasteiger partial charge in [0, 0.05) is 12.6 Å². The fraction of sp³-hybridized carbons (Fsp3) is 0.389. The van der Waals surface area contributed by atoms with Crippen LogP contribution in [0.25, 0.3) is 11.0 Å². The van der Waals surface area contributed by atoms with Crippen LogP contribution < -0.4 is 5.32 Å². The number of aromatic nitrogens is 3. The van der Waals surface area contributed by atoms with Crippen LogP contribution in [0.2, 0.25) is 0 Å². The van der Waals surface area contributed by atoms with Crippen molar-refractivity contribution in [3.8, 4) is 0 Å². The van der Waals surface area contributed by atoms with Crippen LogP contribution >= 0.6 is 0 Å². The lowest BCUT2D eigenvalue weighted by Gasteiger charge is -2.25. The molecular weight excluding hydrogens is 318 g/mol. The standard InChI is InChI=1S/C18H21N5O2/c1-11-10-15(22-25-11)16-8-5-9-23(16)18(24)19-12(2)17-20-13-6-3-4-7-14(13)21-17/h3-4,6-7,10,12,16H,5,8-9H2,1-2H3,(H,19,24)(H,20,21)/t12-,16?/m0/s1. The first kappa shape index (κ1) is 15.7. The van der Waals surface area contributed by atoms with Crippen LogP contribution in [0, 0.1) is 6.92 Å². The maximum absolute atomic E-state index is 12.7. The van der Waals surface area contributed by atoms with E-state index in [1.165, 1.54) is 0 Å². The first-order valence-electron chi connectivity index (χ1n) is 8.57. The quantitative estimate of drug-likeness (QED) is 0.765. The van der Waals surface area contributed by atoms with E-state index in [1.54, 1.807) is 0 Å². The van der Waals surface area contributed by atoms with Gasteiger partial charge in [0.15, 0.2) is 0 Å². The summed E-state index contributed by atoms with van der Waals surface area (Å²) in [6.07, 6.45) is 1.86. The molecule has 4 rings (SSSR count). The molecule has 1 aliphatic heterocycles. The number of benzene rings is 1. The van der Waals surface area contributed by atoms with Crippen molar-refractivity contribution in [3.05, 3.63) is 47.6 Å². The van der Waals surface area contributed by atoms with Crippen LogP contribution in [0.1, 0.15) is 49.1 Å². The number of hydrogen-bond acceptors (Lipinski definition) is 4. The Morgan fingerprint density at radius 3 is 3.04 bits per heavy atom. The second kappa shape index (κ2) is 6.23. The van der Waals surface area contributed by atoms with Gasteiger partial charge < -0.3 is 19.7 Å². The second-order valence-electron chi connectivity index (χ2n) is 6.52. The molecule has 0 saturated carbocycles. The Bertz CT molecular complexity index is 867. The summed E-state index contributed by atoms with van der Waals surface area (Å²) in [5, 5.41) is 7.12. The summed E-state index contributed by atoms with van der Waals surface area (Å²) in [5.41, 5.74) is 2.69. The van der Waals surface area contributed by atoms with Gasteiger partial charge in [-0.15, -0.1) is 0 Å². The van der Waals surface area contributed by atoms with Gasteiger partial charge >= 0.3 is 6.03 Å². The van der Waals surface area contributed by atoms with Gasteiger partial charge in [0.25, 0.3) is 0 Å².